The third-order valence-corrected chi connectivity index (χ3v) is 5.12. The SMILES string of the molecule is C[C@H](C(=O)N1CCC[C@@H](O)C1)N1CCN(c2ccc(F)cc2)CC1. The number of benzene rings is 1. The van der Waals surface area contributed by atoms with E-state index in [0.717, 1.165) is 51.3 Å². The van der Waals surface area contributed by atoms with Crippen molar-refractivity contribution < 1.29 is 14.3 Å². The van der Waals surface area contributed by atoms with Crippen molar-refractivity contribution in [2.45, 2.75) is 31.9 Å². The van der Waals surface area contributed by atoms with Crippen molar-refractivity contribution in [1.82, 2.24) is 9.80 Å². The predicted molar refractivity (Wildman–Crippen MR) is 91.5 cm³/mol. The van der Waals surface area contributed by atoms with Crippen LogP contribution in [0.2, 0.25) is 0 Å². The number of aliphatic hydroxyl groups is 1. The number of aliphatic hydroxyl groups excluding tert-OH is 1. The molecule has 2 fully saturated rings. The van der Waals surface area contributed by atoms with Gasteiger partial charge in [-0.15, -0.1) is 0 Å². The van der Waals surface area contributed by atoms with Crippen molar-refractivity contribution in [3.05, 3.63) is 30.1 Å². The lowest BCUT2D eigenvalue weighted by Gasteiger charge is -2.40. The van der Waals surface area contributed by atoms with Gasteiger partial charge in [-0.1, -0.05) is 0 Å². The summed E-state index contributed by atoms with van der Waals surface area (Å²) in [5.41, 5.74) is 1.02. The zero-order valence-electron chi connectivity index (χ0n) is 14.2. The van der Waals surface area contributed by atoms with Gasteiger partial charge in [0.15, 0.2) is 0 Å². The van der Waals surface area contributed by atoms with E-state index in [4.69, 9.17) is 0 Å². The molecule has 1 amide bonds. The lowest BCUT2D eigenvalue weighted by molar-refractivity contribution is -0.139. The summed E-state index contributed by atoms with van der Waals surface area (Å²) in [4.78, 5) is 18.9. The zero-order valence-corrected chi connectivity index (χ0v) is 14.2. The quantitative estimate of drug-likeness (QED) is 0.905. The number of β-amino-alcohol motifs (C(OH)–C–C–N with tert-alkyl or cyclic N) is 1. The van der Waals surface area contributed by atoms with E-state index in [9.17, 15) is 14.3 Å². The molecule has 0 aromatic heterocycles. The highest BCUT2D eigenvalue weighted by Gasteiger charge is 2.31. The average molecular weight is 335 g/mol. The molecule has 2 heterocycles. The number of hydrogen-bond acceptors (Lipinski definition) is 4. The molecule has 3 rings (SSSR count). The fraction of sp³-hybridized carbons (Fsp3) is 0.611. The van der Waals surface area contributed by atoms with Crippen LogP contribution in [0.1, 0.15) is 19.8 Å². The van der Waals surface area contributed by atoms with Crippen molar-refractivity contribution >= 4 is 11.6 Å². The van der Waals surface area contributed by atoms with E-state index in [1.165, 1.54) is 12.1 Å². The van der Waals surface area contributed by atoms with Crippen LogP contribution in [-0.4, -0.2) is 72.2 Å². The van der Waals surface area contributed by atoms with Crippen molar-refractivity contribution in [1.29, 1.82) is 0 Å². The number of nitrogens with zero attached hydrogens (tertiary/aromatic N) is 3. The summed E-state index contributed by atoms with van der Waals surface area (Å²) in [6.07, 6.45) is 1.28. The minimum absolute atomic E-state index is 0.115. The zero-order chi connectivity index (χ0) is 17.1. The van der Waals surface area contributed by atoms with Crippen LogP contribution in [0.4, 0.5) is 10.1 Å². The molecule has 24 heavy (non-hydrogen) atoms. The Morgan fingerprint density at radius 3 is 2.46 bits per heavy atom. The van der Waals surface area contributed by atoms with Crippen LogP contribution in [0, 0.1) is 5.82 Å². The third-order valence-electron chi connectivity index (χ3n) is 5.12. The summed E-state index contributed by atoms with van der Waals surface area (Å²) in [7, 11) is 0. The Kier molecular flexibility index (Phi) is 5.36. The van der Waals surface area contributed by atoms with Crippen LogP contribution in [0.25, 0.3) is 0 Å². The Hall–Kier alpha value is -1.66. The maximum atomic E-state index is 13.0. The Morgan fingerprint density at radius 1 is 1.17 bits per heavy atom. The van der Waals surface area contributed by atoms with Gasteiger partial charge in [0.2, 0.25) is 5.91 Å². The molecule has 2 aliphatic rings. The van der Waals surface area contributed by atoms with Crippen LogP contribution < -0.4 is 4.90 Å². The highest BCUT2D eigenvalue weighted by molar-refractivity contribution is 5.81. The lowest BCUT2D eigenvalue weighted by atomic mass is 10.1. The summed E-state index contributed by atoms with van der Waals surface area (Å²) in [5.74, 6) is -0.107. The number of carbonyl (C=O) groups excluding carboxylic acids is 1. The topological polar surface area (TPSA) is 47.0 Å². The molecule has 132 valence electrons. The molecule has 0 aliphatic carbocycles. The Labute approximate surface area is 142 Å². The van der Waals surface area contributed by atoms with E-state index in [-0.39, 0.29) is 23.9 Å². The first kappa shape index (κ1) is 17.2. The van der Waals surface area contributed by atoms with E-state index >= 15 is 0 Å². The smallest absolute Gasteiger partial charge is 0.239 e. The van der Waals surface area contributed by atoms with Gasteiger partial charge in [-0.05, 0) is 44.0 Å². The number of hydrogen-bond donors (Lipinski definition) is 1. The number of likely N-dealkylation sites (tertiary alicyclic amines) is 1. The first-order valence-corrected chi connectivity index (χ1v) is 8.76. The number of rotatable bonds is 3. The third kappa shape index (κ3) is 3.87. The van der Waals surface area contributed by atoms with E-state index < -0.39 is 0 Å². The molecular weight excluding hydrogens is 309 g/mol. The highest BCUT2D eigenvalue weighted by Crippen LogP contribution is 2.19. The average Bonchev–Trinajstić information content (AvgIpc) is 2.61. The molecule has 2 aliphatic heterocycles. The van der Waals surface area contributed by atoms with Gasteiger partial charge in [-0.25, -0.2) is 4.39 Å². The monoisotopic (exact) mass is 335 g/mol. The minimum atomic E-state index is -0.384. The van der Waals surface area contributed by atoms with Gasteiger partial charge >= 0.3 is 0 Å². The summed E-state index contributed by atoms with van der Waals surface area (Å²) < 4.78 is 13.0. The largest absolute Gasteiger partial charge is 0.391 e. The van der Waals surface area contributed by atoms with Crippen molar-refractivity contribution in [3.63, 3.8) is 0 Å². The number of piperidine rings is 1. The lowest BCUT2D eigenvalue weighted by Crippen LogP contribution is -2.56. The van der Waals surface area contributed by atoms with Crippen LogP contribution in [-0.2, 0) is 4.79 Å². The minimum Gasteiger partial charge on any atom is -0.391 e. The summed E-state index contributed by atoms with van der Waals surface area (Å²) in [5, 5.41) is 9.76. The molecular formula is C18H26FN3O2. The maximum Gasteiger partial charge on any atom is 0.239 e. The van der Waals surface area contributed by atoms with Gasteiger partial charge in [-0.2, -0.15) is 0 Å². The van der Waals surface area contributed by atoms with Crippen LogP contribution in [0.15, 0.2) is 24.3 Å². The molecule has 0 radical (unpaired) electrons. The molecule has 2 atom stereocenters. The van der Waals surface area contributed by atoms with Crippen molar-refractivity contribution in [2.24, 2.45) is 0 Å². The molecule has 1 aromatic rings. The van der Waals surface area contributed by atoms with E-state index in [2.05, 4.69) is 9.80 Å². The van der Waals surface area contributed by atoms with Gasteiger partial charge in [0.05, 0.1) is 12.1 Å². The summed E-state index contributed by atoms with van der Waals surface area (Å²) in [6, 6.07) is 6.40. The number of anilines is 1. The van der Waals surface area contributed by atoms with Gasteiger partial charge in [-0.3, -0.25) is 9.69 Å². The molecule has 5 nitrogen and oxygen atoms in total. The second-order valence-electron chi connectivity index (χ2n) is 6.76. The van der Waals surface area contributed by atoms with Gasteiger partial charge in [0.1, 0.15) is 5.82 Å². The molecule has 1 aromatic carbocycles. The van der Waals surface area contributed by atoms with E-state index in [0.29, 0.717) is 6.54 Å². The van der Waals surface area contributed by atoms with E-state index in [1.807, 2.05) is 6.92 Å². The normalized spacial score (nSPS) is 24.0. The van der Waals surface area contributed by atoms with Gasteiger partial charge in [0, 0.05) is 45.0 Å². The maximum absolute atomic E-state index is 13.0. The fourth-order valence-corrected chi connectivity index (χ4v) is 3.59. The number of halogens is 1. The first-order valence-electron chi connectivity index (χ1n) is 8.76. The Morgan fingerprint density at radius 2 is 1.83 bits per heavy atom. The second-order valence-corrected chi connectivity index (χ2v) is 6.76. The second kappa shape index (κ2) is 7.49. The number of carbonyl (C=O) groups is 1. The predicted octanol–water partition coefficient (Wildman–Crippen LogP) is 1.32. The van der Waals surface area contributed by atoms with Crippen molar-refractivity contribution in [2.75, 3.05) is 44.2 Å². The van der Waals surface area contributed by atoms with Gasteiger partial charge in [0.25, 0.3) is 0 Å². The molecule has 0 unspecified atom stereocenters. The van der Waals surface area contributed by atoms with E-state index in [1.54, 1.807) is 17.0 Å². The Bertz CT molecular complexity index is 558. The summed E-state index contributed by atoms with van der Waals surface area (Å²) in [6.45, 7) is 6.42. The summed E-state index contributed by atoms with van der Waals surface area (Å²) >= 11 is 0. The van der Waals surface area contributed by atoms with Crippen LogP contribution in [0.5, 0.6) is 0 Å². The molecule has 2 saturated heterocycles. The molecule has 0 saturated carbocycles. The highest BCUT2D eigenvalue weighted by atomic mass is 19.1. The van der Waals surface area contributed by atoms with Crippen molar-refractivity contribution in [3.8, 4) is 0 Å². The fourth-order valence-electron chi connectivity index (χ4n) is 3.59. The van der Waals surface area contributed by atoms with Gasteiger partial charge < -0.3 is 14.9 Å². The van der Waals surface area contributed by atoms with Crippen LogP contribution in [0.3, 0.4) is 0 Å². The molecule has 6 heteroatoms. The first-order chi connectivity index (χ1) is 11.5. The molecule has 1 N–H and O–H groups in total. The number of piperazine rings is 1. The molecule has 0 bridgehead atoms. The standard InChI is InChI=1S/C18H26FN3O2/c1-14(18(24)22-8-2-3-17(23)13-22)20-9-11-21(12-10-20)16-6-4-15(19)5-7-16/h4-7,14,17,23H,2-3,8-13H2,1H3/t14-,17-/m1/s1. The van der Waals surface area contributed by atoms with Crippen LogP contribution >= 0.6 is 0 Å². The Balaban J connectivity index is 1.53. The number of amides is 1. The molecule has 0 spiro atoms.